The molecule has 7 heteroatoms. The van der Waals surface area contributed by atoms with E-state index in [0.717, 1.165) is 37.2 Å². The van der Waals surface area contributed by atoms with Crippen LogP contribution in [0.5, 0.6) is 0 Å². The van der Waals surface area contributed by atoms with Crippen molar-refractivity contribution in [1.82, 2.24) is 9.80 Å². The molecule has 7 nitrogen and oxygen atoms in total. The lowest BCUT2D eigenvalue weighted by atomic mass is 9.95. The van der Waals surface area contributed by atoms with Gasteiger partial charge in [0, 0.05) is 49.0 Å². The molecule has 168 valence electrons. The number of anilines is 2. The molecule has 4 amide bonds. The number of piperidine rings is 1. The fourth-order valence-electron chi connectivity index (χ4n) is 4.40. The molecule has 2 fully saturated rings. The molecule has 2 aliphatic rings. The van der Waals surface area contributed by atoms with Gasteiger partial charge in [0.15, 0.2) is 0 Å². The fraction of sp³-hybridized carbons (Fsp3) is 0.400. The molecule has 0 radical (unpaired) electrons. The third-order valence-corrected chi connectivity index (χ3v) is 6.39. The minimum atomic E-state index is -0.159. The number of benzene rings is 2. The van der Waals surface area contributed by atoms with Crippen molar-refractivity contribution >= 4 is 29.2 Å². The van der Waals surface area contributed by atoms with Crippen molar-refractivity contribution in [3.63, 3.8) is 0 Å². The molecule has 0 unspecified atom stereocenters. The number of likely N-dealkylation sites (tertiary alicyclic amines) is 2. The molecular formula is C25H30N4O3. The zero-order valence-corrected chi connectivity index (χ0v) is 18.5. The van der Waals surface area contributed by atoms with Crippen LogP contribution in [0.2, 0.25) is 0 Å². The van der Waals surface area contributed by atoms with Crippen molar-refractivity contribution in [3.05, 3.63) is 59.7 Å². The van der Waals surface area contributed by atoms with Crippen LogP contribution in [0.1, 0.15) is 41.6 Å². The summed E-state index contributed by atoms with van der Waals surface area (Å²) in [5.41, 5.74) is 2.90. The molecular weight excluding hydrogens is 404 g/mol. The van der Waals surface area contributed by atoms with Crippen LogP contribution in [-0.4, -0.2) is 53.8 Å². The Morgan fingerprint density at radius 2 is 1.50 bits per heavy atom. The summed E-state index contributed by atoms with van der Waals surface area (Å²) in [6.07, 6.45) is 3.31. The number of para-hydroxylation sites is 1. The topological polar surface area (TPSA) is 81.8 Å². The SMILES string of the molecule is Cc1c(NC(=O)C2CCN(C(=O)Nc3ccccc3)CC2)cccc1C(=O)N1CCCC1. The Kier molecular flexibility index (Phi) is 6.73. The third kappa shape index (κ3) is 4.93. The van der Waals surface area contributed by atoms with Gasteiger partial charge in [-0.3, -0.25) is 9.59 Å². The first kappa shape index (κ1) is 21.9. The van der Waals surface area contributed by atoms with Gasteiger partial charge in [0.1, 0.15) is 0 Å². The summed E-state index contributed by atoms with van der Waals surface area (Å²) in [7, 11) is 0. The number of hydrogen-bond acceptors (Lipinski definition) is 3. The van der Waals surface area contributed by atoms with E-state index in [1.54, 1.807) is 4.90 Å². The highest BCUT2D eigenvalue weighted by Crippen LogP contribution is 2.25. The lowest BCUT2D eigenvalue weighted by molar-refractivity contribution is -0.121. The van der Waals surface area contributed by atoms with Gasteiger partial charge in [-0.25, -0.2) is 4.79 Å². The Labute approximate surface area is 188 Å². The number of nitrogens with one attached hydrogen (secondary N) is 2. The lowest BCUT2D eigenvalue weighted by Crippen LogP contribution is -2.43. The number of carbonyl (C=O) groups excluding carboxylic acids is 3. The highest BCUT2D eigenvalue weighted by molar-refractivity contribution is 6.00. The first-order chi connectivity index (χ1) is 15.5. The maximum absolute atomic E-state index is 12.9. The number of amides is 4. The Hall–Kier alpha value is -3.35. The second-order valence-corrected chi connectivity index (χ2v) is 8.52. The van der Waals surface area contributed by atoms with Gasteiger partial charge in [0.25, 0.3) is 5.91 Å². The molecule has 0 atom stereocenters. The van der Waals surface area contributed by atoms with E-state index in [1.165, 1.54) is 0 Å². The molecule has 2 saturated heterocycles. The summed E-state index contributed by atoms with van der Waals surface area (Å²) in [4.78, 5) is 41.8. The normalized spacial score (nSPS) is 16.7. The van der Waals surface area contributed by atoms with Crippen molar-refractivity contribution in [2.45, 2.75) is 32.6 Å². The maximum Gasteiger partial charge on any atom is 0.321 e. The molecule has 4 rings (SSSR count). The molecule has 0 saturated carbocycles. The molecule has 0 aromatic heterocycles. The van der Waals surface area contributed by atoms with Gasteiger partial charge >= 0.3 is 6.03 Å². The van der Waals surface area contributed by atoms with Crippen LogP contribution in [0.15, 0.2) is 48.5 Å². The van der Waals surface area contributed by atoms with Gasteiger partial charge in [-0.15, -0.1) is 0 Å². The van der Waals surface area contributed by atoms with Gasteiger partial charge in [-0.05, 0) is 62.4 Å². The summed E-state index contributed by atoms with van der Waals surface area (Å²) in [5, 5.41) is 5.91. The average molecular weight is 435 g/mol. The van der Waals surface area contributed by atoms with Crippen molar-refractivity contribution < 1.29 is 14.4 Å². The molecule has 2 N–H and O–H groups in total. The Balaban J connectivity index is 1.33. The molecule has 2 aromatic rings. The first-order valence-electron chi connectivity index (χ1n) is 11.3. The van der Waals surface area contributed by atoms with E-state index in [4.69, 9.17) is 0 Å². The van der Waals surface area contributed by atoms with Crippen LogP contribution in [0, 0.1) is 12.8 Å². The summed E-state index contributed by atoms with van der Waals surface area (Å²) in [6, 6.07) is 14.7. The summed E-state index contributed by atoms with van der Waals surface area (Å²) in [6.45, 7) is 4.54. The van der Waals surface area contributed by atoms with Crippen molar-refractivity contribution in [3.8, 4) is 0 Å². The standard InChI is InChI=1S/C25H30N4O3/c1-18-21(24(31)28-14-5-6-15-28)10-7-11-22(18)27-23(30)19-12-16-29(17-13-19)25(32)26-20-8-3-2-4-9-20/h2-4,7-11,19H,5-6,12-17H2,1H3,(H,26,32)(H,27,30). The minimum Gasteiger partial charge on any atom is -0.339 e. The van der Waals surface area contributed by atoms with Crippen molar-refractivity contribution in [2.75, 3.05) is 36.8 Å². The van der Waals surface area contributed by atoms with E-state index in [0.29, 0.717) is 37.2 Å². The average Bonchev–Trinajstić information content (AvgIpc) is 3.36. The number of carbonyl (C=O) groups is 3. The van der Waals surface area contributed by atoms with E-state index in [2.05, 4.69) is 10.6 Å². The van der Waals surface area contributed by atoms with E-state index < -0.39 is 0 Å². The monoisotopic (exact) mass is 434 g/mol. The van der Waals surface area contributed by atoms with E-state index in [-0.39, 0.29) is 23.8 Å². The minimum absolute atomic E-state index is 0.0360. The highest BCUT2D eigenvalue weighted by Gasteiger charge is 2.28. The quantitative estimate of drug-likeness (QED) is 0.760. The molecule has 2 heterocycles. The molecule has 2 aromatic carbocycles. The Morgan fingerprint density at radius 1 is 0.812 bits per heavy atom. The summed E-state index contributed by atoms with van der Waals surface area (Å²) >= 11 is 0. The zero-order valence-electron chi connectivity index (χ0n) is 18.5. The highest BCUT2D eigenvalue weighted by atomic mass is 16.2. The maximum atomic E-state index is 12.9. The van der Waals surface area contributed by atoms with Crippen molar-refractivity contribution in [2.24, 2.45) is 5.92 Å². The van der Waals surface area contributed by atoms with Crippen molar-refractivity contribution in [1.29, 1.82) is 0 Å². The van der Waals surface area contributed by atoms with E-state index in [9.17, 15) is 14.4 Å². The van der Waals surface area contributed by atoms with E-state index in [1.807, 2.05) is 60.4 Å². The van der Waals surface area contributed by atoms with Gasteiger partial charge < -0.3 is 20.4 Å². The van der Waals surface area contributed by atoms with Crippen LogP contribution in [0.25, 0.3) is 0 Å². The number of rotatable bonds is 4. The van der Waals surface area contributed by atoms with Crippen LogP contribution in [0.3, 0.4) is 0 Å². The fourth-order valence-corrected chi connectivity index (χ4v) is 4.40. The summed E-state index contributed by atoms with van der Waals surface area (Å²) in [5.74, 6) is -0.177. The second kappa shape index (κ2) is 9.85. The van der Waals surface area contributed by atoms with Gasteiger partial charge in [0.05, 0.1) is 0 Å². The molecule has 32 heavy (non-hydrogen) atoms. The summed E-state index contributed by atoms with van der Waals surface area (Å²) < 4.78 is 0. The van der Waals surface area contributed by atoms with Gasteiger partial charge in [-0.2, -0.15) is 0 Å². The molecule has 2 aliphatic heterocycles. The Morgan fingerprint density at radius 3 is 2.19 bits per heavy atom. The molecule has 0 aliphatic carbocycles. The number of hydrogen-bond donors (Lipinski definition) is 2. The predicted octanol–water partition coefficient (Wildman–Crippen LogP) is 4.11. The van der Waals surface area contributed by atoms with Crippen LogP contribution in [-0.2, 0) is 4.79 Å². The smallest absolute Gasteiger partial charge is 0.321 e. The van der Waals surface area contributed by atoms with Crippen LogP contribution >= 0.6 is 0 Å². The first-order valence-corrected chi connectivity index (χ1v) is 11.3. The second-order valence-electron chi connectivity index (χ2n) is 8.52. The van der Waals surface area contributed by atoms with Gasteiger partial charge in [0.2, 0.25) is 5.91 Å². The largest absolute Gasteiger partial charge is 0.339 e. The van der Waals surface area contributed by atoms with E-state index >= 15 is 0 Å². The lowest BCUT2D eigenvalue weighted by Gasteiger charge is -2.31. The zero-order chi connectivity index (χ0) is 22.5. The van der Waals surface area contributed by atoms with Crippen LogP contribution < -0.4 is 10.6 Å². The van der Waals surface area contributed by atoms with Crippen LogP contribution in [0.4, 0.5) is 16.2 Å². The molecule has 0 bridgehead atoms. The number of nitrogens with zero attached hydrogens (tertiary/aromatic N) is 2. The third-order valence-electron chi connectivity index (χ3n) is 6.39. The molecule has 0 spiro atoms. The number of urea groups is 1. The van der Waals surface area contributed by atoms with Gasteiger partial charge in [-0.1, -0.05) is 24.3 Å². The predicted molar refractivity (Wildman–Crippen MR) is 125 cm³/mol. The Bertz CT molecular complexity index is 978.